The first-order valence-corrected chi connectivity index (χ1v) is 7.89. The van der Waals surface area contributed by atoms with E-state index in [4.69, 9.17) is 9.15 Å². The van der Waals surface area contributed by atoms with Crippen molar-refractivity contribution in [2.45, 2.75) is 13.3 Å². The second-order valence-electron chi connectivity index (χ2n) is 5.69. The van der Waals surface area contributed by atoms with Crippen molar-refractivity contribution in [3.05, 3.63) is 35.7 Å². The van der Waals surface area contributed by atoms with Crippen molar-refractivity contribution in [2.24, 2.45) is 7.05 Å². The summed E-state index contributed by atoms with van der Waals surface area (Å²) in [6.07, 6.45) is 2.18. The van der Waals surface area contributed by atoms with Crippen LogP contribution in [0.5, 0.6) is 5.75 Å². The average molecular weight is 339 g/mol. The Hall–Kier alpha value is -3.29. The van der Waals surface area contributed by atoms with Crippen molar-refractivity contribution in [3.8, 4) is 5.75 Å². The SMILES string of the molecule is CCc1nn(C)c2n[nH]c(NC(=O)c3coc4ccc(OC)cc34)c12. The number of carbonyl (C=O) groups excluding carboxylic acids is 1. The van der Waals surface area contributed by atoms with Crippen molar-refractivity contribution < 1.29 is 13.9 Å². The minimum Gasteiger partial charge on any atom is -0.497 e. The van der Waals surface area contributed by atoms with E-state index < -0.39 is 0 Å². The van der Waals surface area contributed by atoms with Crippen LogP contribution in [-0.4, -0.2) is 33.0 Å². The van der Waals surface area contributed by atoms with Gasteiger partial charge in [-0.3, -0.25) is 9.89 Å². The van der Waals surface area contributed by atoms with E-state index in [-0.39, 0.29) is 5.91 Å². The zero-order valence-corrected chi connectivity index (χ0v) is 14.1. The third-order valence-corrected chi connectivity index (χ3v) is 4.21. The van der Waals surface area contributed by atoms with Gasteiger partial charge >= 0.3 is 0 Å². The molecule has 0 aliphatic carbocycles. The van der Waals surface area contributed by atoms with Crippen LogP contribution < -0.4 is 10.1 Å². The molecule has 0 radical (unpaired) electrons. The van der Waals surface area contributed by atoms with Gasteiger partial charge in [-0.25, -0.2) is 4.68 Å². The monoisotopic (exact) mass is 339 g/mol. The Morgan fingerprint density at radius 1 is 1.44 bits per heavy atom. The van der Waals surface area contributed by atoms with Gasteiger partial charge < -0.3 is 14.5 Å². The number of ether oxygens (including phenoxy) is 1. The van der Waals surface area contributed by atoms with Gasteiger partial charge in [-0.05, 0) is 24.6 Å². The zero-order valence-electron chi connectivity index (χ0n) is 14.1. The number of nitrogens with zero attached hydrogens (tertiary/aromatic N) is 3. The number of methoxy groups -OCH3 is 1. The van der Waals surface area contributed by atoms with E-state index in [1.165, 1.54) is 6.26 Å². The third-order valence-electron chi connectivity index (χ3n) is 4.21. The van der Waals surface area contributed by atoms with Gasteiger partial charge in [0.2, 0.25) is 0 Å². The topological polar surface area (TPSA) is 98.0 Å². The summed E-state index contributed by atoms with van der Waals surface area (Å²) in [4.78, 5) is 12.7. The van der Waals surface area contributed by atoms with Crippen LogP contribution >= 0.6 is 0 Å². The lowest BCUT2D eigenvalue weighted by Gasteiger charge is -2.03. The summed E-state index contributed by atoms with van der Waals surface area (Å²) in [6, 6.07) is 5.34. The highest BCUT2D eigenvalue weighted by Gasteiger charge is 2.20. The molecule has 1 amide bonds. The van der Waals surface area contributed by atoms with Gasteiger partial charge in [0.05, 0.1) is 23.8 Å². The number of carbonyl (C=O) groups is 1. The van der Waals surface area contributed by atoms with E-state index in [2.05, 4.69) is 20.6 Å². The maximum Gasteiger partial charge on any atom is 0.260 e. The number of furan rings is 1. The summed E-state index contributed by atoms with van der Waals surface area (Å²) in [5, 5.41) is 15.9. The average Bonchev–Trinajstić information content (AvgIpc) is 3.30. The fourth-order valence-corrected chi connectivity index (χ4v) is 2.95. The van der Waals surface area contributed by atoms with E-state index >= 15 is 0 Å². The van der Waals surface area contributed by atoms with Gasteiger partial charge in [-0.15, -0.1) is 0 Å². The number of anilines is 1. The molecule has 8 nitrogen and oxygen atoms in total. The van der Waals surface area contributed by atoms with Crippen LogP contribution in [0.15, 0.2) is 28.9 Å². The van der Waals surface area contributed by atoms with Gasteiger partial charge in [-0.1, -0.05) is 6.92 Å². The van der Waals surface area contributed by atoms with Crippen LogP contribution in [-0.2, 0) is 13.5 Å². The molecule has 3 heterocycles. The summed E-state index contributed by atoms with van der Waals surface area (Å²) < 4.78 is 12.4. The van der Waals surface area contributed by atoms with Gasteiger partial charge in [0.15, 0.2) is 5.65 Å². The van der Waals surface area contributed by atoms with Gasteiger partial charge in [-0.2, -0.15) is 10.2 Å². The smallest absolute Gasteiger partial charge is 0.260 e. The molecule has 0 bridgehead atoms. The first kappa shape index (κ1) is 15.3. The highest BCUT2D eigenvalue weighted by molar-refractivity contribution is 6.14. The largest absolute Gasteiger partial charge is 0.497 e. The molecule has 0 aliphatic rings. The Kier molecular flexibility index (Phi) is 3.45. The molecule has 25 heavy (non-hydrogen) atoms. The molecule has 0 fully saturated rings. The fourth-order valence-electron chi connectivity index (χ4n) is 2.95. The number of aryl methyl sites for hydroxylation is 2. The number of hydrogen-bond donors (Lipinski definition) is 2. The summed E-state index contributed by atoms with van der Waals surface area (Å²) in [5.74, 6) is 0.901. The maximum atomic E-state index is 12.7. The number of rotatable bonds is 4. The summed E-state index contributed by atoms with van der Waals surface area (Å²) in [7, 11) is 3.40. The molecule has 4 aromatic rings. The Bertz CT molecular complexity index is 1090. The van der Waals surface area contributed by atoms with Crippen molar-refractivity contribution in [3.63, 3.8) is 0 Å². The molecule has 0 unspecified atom stereocenters. The molecule has 4 rings (SSSR count). The van der Waals surface area contributed by atoms with Crippen LogP contribution in [0.3, 0.4) is 0 Å². The number of hydrogen-bond acceptors (Lipinski definition) is 5. The number of fused-ring (bicyclic) bond motifs is 2. The molecule has 128 valence electrons. The third kappa shape index (κ3) is 2.34. The zero-order chi connectivity index (χ0) is 17.6. The molecule has 2 N–H and O–H groups in total. The number of aromatic nitrogens is 4. The minimum absolute atomic E-state index is 0.288. The standard InChI is InChI=1S/C17H17N5O3/c1-4-12-14-15(19-20-16(14)22(2)21-12)18-17(23)11-8-25-13-6-5-9(24-3)7-10(11)13/h5-8H,4H2,1-3H3,(H2,18,19,20,23). The Balaban J connectivity index is 1.73. The van der Waals surface area contributed by atoms with E-state index in [9.17, 15) is 4.79 Å². The predicted octanol–water partition coefficient (Wildman–Crippen LogP) is 2.87. The molecular weight excluding hydrogens is 322 g/mol. The van der Waals surface area contributed by atoms with Crippen LogP contribution in [0.4, 0.5) is 5.82 Å². The summed E-state index contributed by atoms with van der Waals surface area (Å²) in [5.41, 5.74) is 2.63. The lowest BCUT2D eigenvalue weighted by Crippen LogP contribution is -2.12. The second-order valence-corrected chi connectivity index (χ2v) is 5.69. The highest BCUT2D eigenvalue weighted by atomic mass is 16.5. The molecular formula is C17H17N5O3. The van der Waals surface area contributed by atoms with Crippen LogP contribution in [0.1, 0.15) is 23.0 Å². The molecule has 0 saturated heterocycles. The van der Waals surface area contributed by atoms with Crippen molar-refractivity contribution in [1.82, 2.24) is 20.0 Å². The Labute approximate surface area is 142 Å². The number of nitrogens with one attached hydrogen (secondary N) is 2. The van der Waals surface area contributed by atoms with Crippen molar-refractivity contribution in [2.75, 3.05) is 12.4 Å². The van der Waals surface area contributed by atoms with Crippen molar-refractivity contribution >= 4 is 33.7 Å². The molecule has 0 saturated carbocycles. The lowest BCUT2D eigenvalue weighted by molar-refractivity contribution is 0.102. The molecule has 1 aromatic carbocycles. The Morgan fingerprint density at radius 3 is 3.04 bits per heavy atom. The molecule has 3 aromatic heterocycles. The molecule has 0 spiro atoms. The lowest BCUT2D eigenvalue weighted by atomic mass is 10.1. The second kappa shape index (κ2) is 5.66. The van der Waals surface area contributed by atoms with Crippen molar-refractivity contribution in [1.29, 1.82) is 0 Å². The minimum atomic E-state index is -0.288. The van der Waals surface area contributed by atoms with Crippen LogP contribution in [0.25, 0.3) is 22.0 Å². The van der Waals surface area contributed by atoms with Gasteiger partial charge in [0.1, 0.15) is 23.4 Å². The quantitative estimate of drug-likeness (QED) is 0.596. The molecule has 8 heteroatoms. The van der Waals surface area contributed by atoms with Gasteiger partial charge in [0, 0.05) is 12.4 Å². The highest BCUT2D eigenvalue weighted by Crippen LogP contribution is 2.28. The van der Waals surface area contributed by atoms with E-state index in [0.717, 1.165) is 17.5 Å². The van der Waals surface area contributed by atoms with Crippen LogP contribution in [0.2, 0.25) is 0 Å². The molecule has 0 atom stereocenters. The first-order valence-electron chi connectivity index (χ1n) is 7.89. The maximum absolute atomic E-state index is 12.7. The Morgan fingerprint density at radius 2 is 2.28 bits per heavy atom. The van der Waals surface area contributed by atoms with E-state index in [1.807, 2.05) is 14.0 Å². The number of amides is 1. The van der Waals surface area contributed by atoms with Crippen LogP contribution in [0, 0.1) is 0 Å². The van der Waals surface area contributed by atoms with E-state index in [0.29, 0.717) is 33.7 Å². The molecule has 0 aliphatic heterocycles. The number of aromatic amines is 1. The van der Waals surface area contributed by atoms with Gasteiger partial charge in [0.25, 0.3) is 5.91 Å². The number of benzene rings is 1. The normalized spacial score (nSPS) is 11.3. The first-order chi connectivity index (χ1) is 12.1. The summed E-state index contributed by atoms with van der Waals surface area (Å²) >= 11 is 0. The fraction of sp³-hybridized carbons (Fsp3) is 0.235. The summed E-state index contributed by atoms with van der Waals surface area (Å²) in [6.45, 7) is 2.01. The predicted molar refractivity (Wildman–Crippen MR) is 93.0 cm³/mol. The van der Waals surface area contributed by atoms with E-state index in [1.54, 1.807) is 30.0 Å². The number of H-pyrrole nitrogens is 1.